The van der Waals surface area contributed by atoms with Crippen LogP contribution in [0.3, 0.4) is 0 Å². The maximum atomic E-state index is 12.6. The Morgan fingerprint density at radius 2 is 2.04 bits per heavy atom. The second kappa shape index (κ2) is 6.74. The number of amides is 1. The van der Waals surface area contributed by atoms with E-state index in [1.54, 1.807) is 30.5 Å². The molecule has 1 aromatic carbocycles. The lowest BCUT2D eigenvalue weighted by Crippen LogP contribution is -2.27. The smallest absolute Gasteiger partial charge is 0.270 e. The van der Waals surface area contributed by atoms with Crippen LogP contribution in [-0.4, -0.2) is 10.2 Å². The van der Waals surface area contributed by atoms with Gasteiger partial charge in [-0.05, 0) is 61.0 Å². The number of benzene rings is 1. The summed E-state index contributed by atoms with van der Waals surface area (Å²) in [4.78, 5) is 14.7. The van der Waals surface area contributed by atoms with Gasteiger partial charge >= 0.3 is 0 Å². The summed E-state index contributed by atoms with van der Waals surface area (Å²) in [6.45, 7) is 1.91. The van der Waals surface area contributed by atoms with Gasteiger partial charge in [-0.25, -0.2) is 0 Å². The number of hydrogen-bond acceptors (Lipinski definition) is 4. The molecule has 0 bridgehead atoms. The van der Waals surface area contributed by atoms with Crippen molar-refractivity contribution in [1.82, 2.24) is 0 Å². The molecule has 0 radical (unpaired) electrons. The second-order valence-corrected chi connectivity index (χ2v) is 7.01. The van der Waals surface area contributed by atoms with Gasteiger partial charge in [-0.1, -0.05) is 35.6 Å². The number of allylic oxidation sites excluding steroid dienone is 2. The van der Waals surface area contributed by atoms with Crippen LogP contribution in [0.25, 0.3) is 6.08 Å². The van der Waals surface area contributed by atoms with Crippen molar-refractivity contribution in [3.8, 4) is 0 Å². The number of rotatable bonds is 3. The lowest BCUT2D eigenvalue weighted by atomic mass is 10.2. The zero-order chi connectivity index (χ0) is 16.4. The average Bonchev–Trinajstić information content (AvgIpc) is 3.10. The maximum absolute atomic E-state index is 12.6. The zero-order valence-electron chi connectivity index (χ0n) is 12.2. The summed E-state index contributed by atoms with van der Waals surface area (Å²) in [6, 6.07) is 10.7. The largest absolute Gasteiger partial charge is 0.465 e. The number of carbonyl (C=O) groups excluding carboxylic acids is 1. The minimum Gasteiger partial charge on any atom is -0.465 e. The Balaban J connectivity index is 1.86. The van der Waals surface area contributed by atoms with E-state index >= 15 is 0 Å². The van der Waals surface area contributed by atoms with Crippen LogP contribution in [0.5, 0.6) is 0 Å². The molecular weight excluding hydrogens is 350 g/mol. The number of furan rings is 1. The molecule has 3 nitrogen and oxygen atoms in total. The number of hydrogen-bond donors (Lipinski definition) is 0. The van der Waals surface area contributed by atoms with Crippen molar-refractivity contribution >= 4 is 57.6 Å². The Morgan fingerprint density at radius 3 is 2.70 bits per heavy atom. The number of nitrogens with zero attached hydrogens (tertiary/aromatic N) is 1. The van der Waals surface area contributed by atoms with Crippen molar-refractivity contribution in [2.45, 2.75) is 6.92 Å². The van der Waals surface area contributed by atoms with E-state index in [1.165, 1.54) is 16.7 Å². The topological polar surface area (TPSA) is 33.5 Å². The summed E-state index contributed by atoms with van der Waals surface area (Å²) in [5.41, 5.74) is 1.63. The molecule has 0 unspecified atom stereocenters. The third kappa shape index (κ3) is 3.58. The van der Waals surface area contributed by atoms with Gasteiger partial charge in [0.05, 0.1) is 16.9 Å². The number of anilines is 1. The third-order valence-corrected chi connectivity index (χ3v) is 4.70. The van der Waals surface area contributed by atoms with Gasteiger partial charge < -0.3 is 4.42 Å². The van der Waals surface area contributed by atoms with Gasteiger partial charge in [0, 0.05) is 5.02 Å². The summed E-state index contributed by atoms with van der Waals surface area (Å²) in [5.74, 6) is 0.612. The highest BCUT2D eigenvalue weighted by atomic mass is 35.5. The first-order chi connectivity index (χ1) is 11.0. The number of thioether (sulfide) groups is 1. The molecule has 2 heterocycles. The van der Waals surface area contributed by atoms with Gasteiger partial charge in [-0.2, -0.15) is 0 Å². The van der Waals surface area contributed by atoms with Gasteiger partial charge in [0.1, 0.15) is 5.76 Å². The monoisotopic (exact) mass is 361 g/mol. The SMILES string of the molecule is CC(=C\c1ccco1)/C=C1/SC(=S)N(c2ccc(Cl)cc2)C1=O. The van der Waals surface area contributed by atoms with E-state index < -0.39 is 0 Å². The summed E-state index contributed by atoms with van der Waals surface area (Å²) >= 11 is 12.5. The summed E-state index contributed by atoms with van der Waals surface area (Å²) in [6.07, 6.45) is 5.30. The molecule has 6 heteroatoms. The minimum atomic E-state index is -0.130. The normalized spacial score (nSPS) is 17.4. The van der Waals surface area contributed by atoms with E-state index in [9.17, 15) is 4.79 Å². The highest BCUT2D eigenvalue weighted by Gasteiger charge is 2.33. The maximum Gasteiger partial charge on any atom is 0.270 e. The van der Waals surface area contributed by atoms with Crippen molar-refractivity contribution in [2.75, 3.05) is 4.90 Å². The lowest BCUT2D eigenvalue weighted by Gasteiger charge is -2.14. The molecule has 1 aromatic heterocycles. The Bertz CT molecular complexity index is 808. The predicted molar refractivity (Wildman–Crippen MR) is 99.6 cm³/mol. The van der Waals surface area contributed by atoms with Crippen molar-refractivity contribution in [3.63, 3.8) is 0 Å². The predicted octanol–water partition coefficient (Wildman–Crippen LogP) is 5.29. The van der Waals surface area contributed by atoms with Gasteiger partial charge in [-0.15, -0.1) is 0 Å². The number of halogens is 1. The summed E-state index contributed by atoms with van der Waals surface area (Å²) in [7, 11) is 0. The van der Waals surface area contributed by atoms with Crippen LogP contribution < -0.4 is 4.90 Å². The van der Waals surface area contributed by atoms with Crippen LogP contribution >= 0.6 is 35.6 Å². The molecule has 0 aliphatic carbocycles. The first kappa shape index (κ1) is 16.1. The molecule has 1 fully saturated rings. The number of thiocarbonyl (C=S) groups is 1. The van der Waals surface area contributed by atoms with Crippen molar-refractivity contribution in [1.29, 1.82) is 0 Å². The highest BCUT2D eigenvalue weighted by molar-refractivity contribution is 8.27. The first-order valence-corrected chi connectivity index (χ1v) is 8.40. The van der Waals surface area contributed by atoms with Gasteiger partial charge in [0.2, 0.25) is 0 Å². The molecule has 116 valence electrons. The molecule has 1 amide bonds. The Kier molecular flexibility index (Phi) is 4.71. The van der Waals surface area contributed by atoms with Crippen LogP contribution in [0.1, 0.15) is 12.7 Å². The van der Waals surface area contributed by atoms with Crippen LogP contribution in [0.4, 0.5) is 5.69 Å². The molecule has 3 rings (SSSR count). The van der Waals surface area contributed by atoms with Gasteiger partial charge in [0.15, 0.2) is 4.32 Å². The quantitative estimate of drug-likeness (QED) is 0.549. The van der Waals surface area contributed by atoms with Crippen LogP contribution in [0.2, 0.25) is 5.02 Å². The van der Waals surface area contributed by atoms with Crippen LogP contribution in [0, 0.1) is 0 Å². The molecule has 0 N–H and O–H groups in total. The van der Waals surface area contributed by atoms with E-state index in [0.717, 1.165) is 11.3 Å². The molecule has 1 aliphatic rings. The van der Waals surface area contributed by atoms with E-state index in [2.05, 4.69) is 0 Å². The molecule has 0 atom stereocenters. The van der Waals surface area contributed by atoms with E-state index in [0.29, 0.717) is 19.9 Å². The molecule has 0 saturated carbocycles. The molecule has 1 aliphatic heterocycles. The van der Waals surface area contributed by atoms with Crippen LogP contribution in [-0.2, 0) is 4.79 Å². The Labute approximate surface area is 148 Å². The summed E-state index contributed by atoms with van der Waals surface area (Å²) < 4.78 is 5.78. The molecule has 23 heavy (non-hydrogen) atoms. The van der Waals surface area contributed by atoms with Gasteiger partial charge in [0.25, 0.3) is 5.91 Å². The van der Waals surface area contributed by atoms with Crippen molar-refractivity contribution in [3.05, 3.63) is 70.0 Å². The molecule has 1 saturated heterocycles. The van der Waals surface area contributed by atoms with Gasteiger partial charge in [-0.3, -0.25) is 9.69 Å². The minimum absolute atomic E-state index is 0.130. The van der Waals surface area contributed by atoms with Crippen molar-refractivity contribution in [2.24, 2.45) is 0 Å². The van der Waals surface area contributed by atoms with Crippen molar-refractivity contribution < 1.29 is 9.21 Å². The molecular formula is C17H12ClNO2S2. The fourth-order valence-corrected chi connectivity index (χ4v) is 3.60. The molecule has 0 spiro atoms. The second-order valence-electron chi connectivity index (χ2n) is 4.90. The molecule has 2 aromatic rings. The Morgan fingerprint density at radius 1 is 1.30 bits per heavy atom. The highest BCUT2D eigenvalue weighted by Crippen LogP contribution is 2.35. The van der Waals surface area contributed by atoms with E-state index in [1.807, 2.05) is 31.2 Å². The van der Waals surface area contributed by atoms with Crippen LogP contribution in [0.15, 0.2) is 63.6 Å². The summed E-state index contributed by atoms with van der Waals surface area (Å²) in [5, 5.41) is 0.618. The third-order valence-electron chi connectivity index (χ3n) is 3.15. The first-order valence-electron chi connectivity index (χ1n) is 6.80. The standard InChI is InChI=1S/C17H12ClNO2S2/c1-11(9-14-3-2-8-21-14)10-15-16(20)19(17(22)23-15)13-6-4-12(18)5-7-13/h2-10H,1H3/b11-9+,15-10+. The zero-order valence-corrected chi connectivity index (χ0v) is 14.5. The lowest BCUT2D eigenvalue weighted by molar-refractivity contribution is -0.113. The fourth-order valence-electron chi connectivity index (χ4n) is 2.13. The van der Waals surface area contributed by atoms with E-state index in [-0.39, 0.29) is 5.91 Å². The average molecular weight is 362 g/mol. The Hall–Kier alpha value is -1.82. The van der Waals surface area contributed by atoms with E-state index in [4.69, 9.17) is 28.2 Å². The fraction of sp³-hybridized carbons (Fsp3) is 0.0588. The number of carbonyl (C=O) groups is 1.